The van der Waals surface area contributed by atoms with Gasteiger partial charge in [0.15, 0.2) is 0 Å². The Hall–Kier alpha value is -3.15. The number of aliphatic hydroxyl groups excluding tert-OH is 1. The number of nitrogens with two attached hydrogens (primary N) is 1. The summed E-state index contributed by atoms with van der Waals surface area (Å²) in [7, 11) is 0. The first-order chi connectivity index (χ1) is 14.3. The maximum Gasteiger partial charge on any atom is 0.421 e. The molecule has 0 spiro atoms. The number of carbonyl (C=O) groups is 1. The first-order valence-electron chi connectivity index (χ1n) is 9.35. The Morgan fingerprint density at radius 1 is 1.30 bits per heavy atom. The number of hydrogen-bond acceptors (Lipinski definition) is 7. The number of allylic oxidation sites excluding steroid dienone is 1. The monoisotopic (exact) mass is 423 g/mol. The van der Waals surface area contributed by atoms with Gasteiger partial charge in [0, 0.05) is 18.4 Å². The largest absolute Gasteiger partial charge is 0.421 e. The average Bonchev–Trinajstić information content (AvgIpc) is 3.38. The smallest absolute Gasteiger partial charge is 0.394 e. The van der Waals surface area contributed by atoms with E-state index in [4.69, 9.17) is 10.8 Å². The minimum absolute atomic E-state index is 0.0663. The van der Waals surface area contributed by atoms with Crippen LogP contribution < -0.4 is 16.4 Å². The molecule has 1 amide bonds. The second-order valence-corrected chi connectivity index (χ2v) is 7.34. The van der Waals surface area contributed by atoms with Crippen molar-refractivity contribution in [3.63, 3.8) is 0 Å². The van der Waals surface area contributed by atoms with Crippen LogP contribution >= 0.6 is 0 Å². The van der Waals surface area contributed by atoms with Gasteiger partial charge in [-0.05, 0) is 18.3 Å². The zero-order valence-corrected chi connectivity index (χ0v) is 15.7. The molecule has 9 nitrogen and oxygen atoms in total. The third-order valence-electron chi connectivity index (χ3n) is 5.40. The summed E-state index contributed by atoms with van der Waals surface area (Å²) in [6.07, 6.45) is 3.46. The topological polar surface area (TPSA) is 131 Å². The number of amides is 1. The SMILES string of the molecule is NC(=O)[C@@H]1[C@H](Nc2nc(Nc3cnn(CCO)c3)ncc2C(F)(F)F)[C@H]2C=C[C@H]1C2. The van der Waals surface area contributed by atoms with Gasteiger partial charge in [0.25, 0.3) is 0 Å². The predicted octanol–water partition coefficient (Wildman–Crippen LogP) is 1.52. The normalized spacial score (nSPS) is 24.9. The van der Waals surface area contributed by atoms with Gasteiger partial charge in [0.2, 0.25) is 11.9 Å². The highest BCUT2D eigenvalue weighted by molar-refractivity contribution is 5.80. The van der Waals surface area contributed by atoms with Crippen LogP contribution in [0.25, 0.3) is 0 Å². The van der Waals surface area contributed by atoms with Crippen molar-refractivity contribution in [2.24, 2.45) is 23.5 Å². The standard InChI is InChI=1S/C18H20F3N7O2/c19-18(20,21)12-7-23-17(25-11-6-24-28(8-11)3-4-29)27-16(12)26-14-10-2-1-9(5-10)13(14)15(22)30/h1-2,6-10,13-14,29H,3-5H2,(H2,22,30)(H2,23,25,26,27)/t9-,10-,13-,14+/m0/s1. The molecule has 2 bridgehead atoms. The summed E-state index contributed by atoms with van der Waals surface area (Å²) >= 11 is 0. The van der Waals surface area contributed by atoms with Crippen LogP contribution in [-0.4, -0.2) is 43.4 Å². The highest BCUT2D eigenvalue weighted by atomic mass is 19.4. The highest BCUT2D eigenvalue weighted by Gasteiger charge is 2.48. The second-order valence-electron chi connectivity index (χ2n) is 7.34. The summed E-state index contributed by atoms with van der Waals surface area (Å²) in [5, 5.41) is 18.6. The van der Waals surface area contributed by atoms with E-state index in [0.29, 0.717) is 18.3 Å². The molecule has 0 saturated heterocycles. The molecular weight excluding hydrogens is 403 g/mol. The number of fused-ring (bicyclic) bond motifs is 2. The molecule has 5 N–H and O–H groups in total. The summed E-state index contributed by atoms with van der Waals surface area (Å²) in [6, 6.07) is -0.575. The van der Waals surface area contributed by atoms with Crippen molar-refractivity contribution in [3.05, 3.63) is 36.3 Å². The van der Waals surface area contributed by atoms with Gasteiger partial charge in [-0.25, -0.2) is 4.98 Å². The number of rotatable bonds is 7. The lowest BCUT2D eigenvalue weighted by molar-refractivity contribution is -0.137. The fraction of sp³-hybridized carbons (Fsp3) is 0.444. The van der Waals surface area contributed by atoms with Gasteiger partial charge in [-0.3, -0.25) is 9.48 Å². The summed E-state index contributed by atoms with van der Waals surface area (Å²) in [5.74, 6) is -1.83. The molecular formula is C18H20F3N7O2. The summed E-state index contributed by atoms with van der Waals surface area (Å²) < 4.78 is 42.1. The Morgan fingerprint density at radius 3 is 2.77 bits per heavy atom. The van der Waals surface area contributed by atoms with Gasteiger partial charge >= 0.3 is 6.18 Å². The lowest BCUT2D eigenvalue weighted by Crippen LogP contribution is -2.41. The van der Waals surface area contributed by atoms with E-state index in [1.807, 2.05) is 12.2 Å². The van der Waals surface area contributed by atoms with Crippen LogP contribution in [-0.2, 0) is 17.5 Å². The van der Waals surface area contributed by atoms with Crippen LogP contribution in [0, 0.1) is 17.8 Å². The number of anilines is 3. The van der Waals surface area contributed by atoms with Gasteiger partial charge in [0.05, 0.1) is 31.0 Å². The van der Waals surface area contributed by atoms with E-state index < -0.39 is 35.4 Å². The molecule has 12 heteroatoms. The first-order valence-corrected chi connectivity index (χ1v) is 9.35. The van der Waals surface area contributed by atoms with Gasteiger partial charge < -0.3 is 21.5 Å². The Labute approximate surface area is 169 Å². The summed E-state index contributed by atoms with van der Waals surface area (Å²) in [4.78, 5) is 19.7. The van der Waals surface area contributed by atoms with E-state index in [-0.39, 0.29) is 30.9 Å². The second kappa shape index (κ2) is 7.59. The molecule has 2 aliphatic rings. The van der Waals surface area contributed by atoms with E-state index in [2.05, 4.69) is 25.7 Å². The molecule has 0 unspecified atom stereocenters. The minimum Gasteiger partial charge on any atom is -0.394 e. The molecule has 4 atom stereocenters. The summed E-state index contributed by atoms with van der Waals surface area (Å²) in [6.45, 7) is 0.166. The number of halogens is 3. The van der Waals surface area contributed by atoms with Crippen LogP contribution in [0.1, 0.15) is 12.0 Å². The van der Waals surface area contributed by atoms with Crippen molar-refractivity contribution in [3.8, 4) is 0 Å². The van der Waals surface area contributed by atoms with Gasteiger partial charge in [0.1, 0.15) is 11.4 Å². The van der Waals surface area contributed by atoms with Crippen LogP contribution in [0.5, 0.6) is 0 Å². The third-order valence-corrected chi connectivity index (χ3v) is 5.40. The molecule has 0 radical (unpaired) electrons. The number of aromatic nitrogens is 4. The van der Waals surface area contributed by atoms with E-state index in [9.17, 15) is 18.0 Å². The number of alkyl halides is 3. The fourth-order valence-corrected chi connectivity index (χ4v) is 4.11. The zero-order chi connectivity index (χ0) is 21.5. The van der Waals surface area contributed by atoms with Crippen LogP contribution in [0.4, 0.5) is 30.6 Å². The number of primary amides is 1. The van der Waals surface area contributed by atoms with Crippen molar-refractivity contribution in [2.45, 2.75) is 25.2 Å². The number of nitrogens with zero attached hydrogens (tertiary/aromatic N) is 4. The highest BCUT2D eigenvalue weighted by Crippen LogP contribution is 2.45. The molecule has 1 saturated carbocycles. The van der Waals surface area contributed by atoms with E-state index in [1.165, 1.54) is 10.9 Å². The number of hydrogen-bond donors (Lipinski definition) is 4. The predicted molar refractivity (Wildman–Crippen MR) is 100 cm³/mol. The molecule has 2 heterocycles. The molecule has 160 valence electrons. The molecule has 0 aliphatic heterocycles. The molecule has 4 rings (SSSR count). The Bertz CT molecular complexity index is 975. The summed E-state index contributed by atoms with van der Waals surface area (Å²) in [5.41, 5.74) is 4.93. The molecule has 1 fully saturated rings. The average molecular weight is 423 g/mol. The Kier molecular flexibility index (Phi) is 5.10. The van der Waals surface area contributed by atoms with Crippen LogP contribution in [0.2, 0.25) is 0 Å². The van der Waals surface area contributed by atoms with Crippen molar-refractivity contribution in [1.82, 2.24) is 19.7 Å². The third kappa shape index (κ3) is 3.82. The zero-order valence-electron chi connectivity index (χ0n) is 15.7. The van der Waals surface area contributed by atoms with E-state index in [1.54, 1.807) is 6.20 Å². The van der Waals surface area contributed by atoms with Gasteiger partial charge in [-0.2, -0.15) is 23.3 Å². The Morgan fingerprint density at radius 2 is 2.07 bits per heavy atom. The fourth-order valence-electron chi connectivity index (χ4n) is 4.11. The maximum atomic E-state index is 13.5. The maximum absolute atomic E-state index is 13.5. The first kappa shape index (κ1) is 20.1. The van der Waals surface area contributed by atoms with Crippen molar-refractivity contribution in [2.75, 3.05) is 17.2 Å². The number of nitrogens with one attached hydrogen (secondary N) is 2. The molecule has 0 aromatic carbocycles. The molecule has 2 aliphatic carbocycles. The van der Waals surface area contributed by atoms with Crippen molar-refractivity contribution in [1.29, 1.82) is 0 Å². The molecule has 30 heavy (non-hydrogen) atoms. The van der Waals surface area contributed by atoms with Crippen LogP contribution in [0.3, 0.4) is 0 Å². The molecule has 2 aromatic rings. The van der Waals surface area contributed by atoms with Crippen LogP contribution in [0.15, 0.2) is 30.7 Å². The van der Waals surface area contributed by atoms with E-state index >= 15 is 0 Å². The lowest BCUT2D eigenvalue weighted by atomic mass is 9.88. The number of carbonyl (C=O) groups excluding carboxylic acids is 1. The van der Waals surface area contributed by atoms with Crippen molar-refractivity contribution >= 4 is 23.4 Å². The quantitative estimate of drug-likeness (QED) is 0.497. The molecule has 2 aromatic heterocycles. The van der Waals surface area contributed by atoms with E-state index in [0.717, 1.165) is 0 Å². The Balaban J connectivity index is 1.62. The minimum atomic E-state index is -4.68. The number of aliphatic hydroxyl groups is 1. The van der Waals surface area contributed by atoms with Gasteiger partial charge in [-0.15, -0.1) is 0 Å². The van der Waals surface area contributed by atoms with Gasteiger partial charge in [-0.1, -0.05) is 12.2 Å². The van der Waals surface area contributed by atoms with Crippen molar-refractivity contribution < 1.29 is 23.1 Å². The lowest BCUT2D eigenvalue weighted by Gasteiger charge is -2.28.